The van der Waals surface area contributed by atoms with Crippen molar-refractivity contribution in [2.24, 2.45) is 4.99 Å². The summed E-state index contributed by atoms with van der Waals surface area (Å²) in [4.78, 5) is 6.03. The summed E-state index contributed by atoms with van der Waals surface area (Å²) in [5.41, 5.74) is 0. The van der Waals surface area contributed by atoms with Gasteiger partial charge in [0.1, 0.15) is 0 Å². The van der Waals surface area contributed by atoms with E-state index in [1.165, 1.54) is 23.5 Å². The molecule has 1 saturated heterocycles. The Morgan fingerprint density at radius 3 is 2.82 bits per heavy atom. The monoisotopic (exact) mass is 451 g/mol. The topological polar surface area (TPSA) is 36.4 Å². The van der Waals surface area contributed by atoms with E-state index in [0.717, 1.165) is 36.6 Å². The number of guanidine groups is 1. The molecule has 1 aromatic rings. The van der Waals surface area contributed by atoms with E-state index in [-0.39, 0.29) is 24.0 Å². The van der Waals surface area contributed by atoms with Crippen LogP contribution < -0.4 is 10.6 Å². The first-order valence-electron chi connectivity index (χ1n) is 7.70. The van der Waals surface area contributed by atoms with Crippen LogP contribution in [0, 0.1) is 0 Å². The summed E-state index contributed by atoms with van der Waals surface area (Å²) in [6.07, 6.45) is 2.67. The standard InChI is InChI=1S/C16H25N3S2.HI/c1-2-17-16(19-13-15-9-6-11-20-15)18-10-12-21-14-7-4-3-5-8-14;/h3-5,7-8,15H,2,6,9-13H2,1H3,(H2,17,18,19);1H. The molecule has 1 unspecified atom stereocenters. The van der Waals surface area contributed by atoms with E-state index < -0.39 is 0 Å². The van der Waals surface area contributed by atoms with Crippen molar-refractivity contribution in [3.63, 3.8) is 0 Å². The van der Waals surface area contributed by atoms with Crippen LogP contribution in [0.5, 0.6) is 0 Å². The predicted molar refractivity (Wildman–Crippen MR) is 112 cm³/mol. The average Bonchev–Trinajstić information content (AvgIpc) is 3.03. The van der Waals surface area contributed by atoms with Crippen LogP contribution in [0.3, 0.4) is 0 Å². The molecular weight excluding hydrogens is 425 g/mol. The fourth-order valence-electron chi connectivity index (χ4n) is 2.18. The van der Waals surface area contributed by atoms with Crippen LogP contribution in [0.2, 0.25) is 0 Å². The van der Waals surface area contributed by atoms with Crippen molar-refractivity contribution < 1.29 is 0 Å². The highest BCUT2D eigenvalue weighted by Gasteiger charge is 2.14. The number of hydrogen-bond donors (Lipinski definition) is 2. The summed E-state index contributed by atoms with van der Waals surface area (Å²) >= 11 is 3.94. The Labute approximate surface area is 159 Å². The molecule has 0 amide bonds. The average molecular weight is 451 g/mol. The highest BCUT2D eigenvalue weighted by Crippen LogP contribution is 2.26. The second kappa shape index (κ2) is 12.4. The maximum atomic E-state index is 4.70. The summed E-state index contributed by atoms with van der Waals surface area (Å²) in [6, 6.07) is 10.5. The molecule has 0 radical (unpaired) electrons. The Hall–Kier alpha value is -0.0800. The largest absolute Gasteiger partial charge is 0.357 e. The van der Waals surface area contributed by atoms with Crippen LogP contribution in [0.15, 0.2) is 40.2 Å². The van der Waals surface area contributed by atoms with E-state index in [9.17, 15) is 0 Å². The fraction of sp³-hybridized carbons (Fsp3) is 0.562. The number of halogens is 1. The van der Waals surface area contributed by atoms with Gasteiger partial charge in [0.25, 0.3) is 0 Å². The number of aliphatic imine (C=N–C) groups is 1. The van der Waals surface area contributed by atoms with Gasteiger partial charge in [0, 0.05) is 29.0 Å². The van der Waals surface area contributed by atoms with E-state index in [1.807, 2.05) is 11.8 Å². The van der Waals surface area contributed by atoms with E-state index in [1.54, 1.807) is 0 Å². The van der Waals surface area contributed by atoms with E-state index >= 15 is 0 Å². The lowest BCUT2D eigenvalue weighted by Crippen LogP contribution is -2.38. The molecule has 0 bridgehead atoms. The molecule has 0 aromatic heterocycles. The first-order valence-corrected chi connectivity index (χ1v) is 9.73. The molecular formula is C16H26IN3S2. The molecule has 22 heavy (non-hydrogen) atoms. The second-order valence-electron chi connectivity index (χ2n) is 4.94. The van der Waals surface area contributed by atoms with Gasteiger partial charge in [-0.2, -0.15) is 11.8 Å². The highest BCUT2D eigenvalue weighted by atomic mass is 127. The lowest BCUT2D eigenvalue weighted by Gasteiger charge is -2.12. The normalized spacial score (nSPS) is 17.9. The fourth-order valence-corrected chi connectivity index (χ4v) is 4.15. The van der Waals surface area contributed by atoms with Crippen molar-refractivity contribution >= 4 is 53.5 Å². The minimum atomic E-state index is 0. The van der Waals surface area contributed by atoms with Crippen LogP contribution in [0.1, 0.15) is 19.8 Å². The van der Waals surface area contributed by atoms with Crippen molar-refractivity contribution in [3.05, 3.63) is 30.3 Å². The molecule has 1 atom stereocenters. The van der Waals surface area contributed by atoms with Crippen LogP contribution in [0.4, 0.5) is 0 Å². The number of benzene rings is 1. The molecule has 1 fully saturated rings. The summed E-state index contributed by atoms with van der Waals surface area (Å²) in [5.74, 6) is 3.31. The summed E-state index contributed by atoms with van der Waals surface area (Å²) in [7, 11) is 0. The number of nitrogens with one attached hydrogen (secondary N) is 2. The molecule has 1 aliphatic heterocycles. The third-order valence-corrected chi connectivity index (χ3v) is 5.62. The molecule has 2 rings (SSSR count). The number of rotatable bonds is 7. The van der Waals surface area contributed by atoms with Crippen molar-refractivity contribution in [2.45, 2.75) is 29.9 Å². The van der Waals surface area contributed by atoms with Crippen LogP contribution in [0.25, 0.3) is 0 Å². The van der Waals surface area contributed by atoms with Crippen LogP contribution in [-0.2, 0) is 0 Å². The number of hydrogen-bond acceptors (Lipinski definition) is 3. The van der Waals surface area contributed by atoms with E-state index in [2.05, 4.69) is 59.7 Å². The molecule has 0 spiro atoms. The smallest absolute Gasteiger partial charge is 0.191 e. The van der Waals surface area contributed by atoms with E-state index in [0.29, 0.717) is 0 Å². The van der Waals surface area contributed by atoms with Gasteiger partial charge in [-0.1, -0.05) is 18.2 Å². The molecule has 0 aliphatic carbocycles. The van der Waals surface area contributed by atoms with Gasteiger partial charge in [0.15, 0.2) is 5.96 Å². The zero-order valence-electron chi connectivity index (χ0n) is 13.1. The Balaban J connectivity index is 0.00000242. The van der Waals surface area contributed by atoms with Gasteiger partial charge in [-0.05, 0) is 37.7 Å². The van der Waals surface area contributed by atoms with Gasteiger partial charge in [-0.3, -0.25) is 4.99 Å². The molecule has 1 aliphatic rings. The van der Waals surface area contributed by atoms with Gasteiger partial charge in [-0.25, -0.2) is 0 Å². The third kappa shape index (κ3) is 7.97. The van der Waals surface area contributed by atoms with Gasteiger partial charge in [0.2, 0.25) is 0 Å². The first kappa shape index (κ1) is 20.0. The zero-order chi connectivity index (χ0) is 14.8. The van der Waals surface area contributed by atoms with E-state index in [4.69, 9.17) is 4.99 Å². The van der Waals surface area contributed by atoms with Crippen molar-refractivity contribution in [1.29, 1.82) is 0 Å². The molecule has 3 nitrogen and oxygen atoms in total. The number of nitrogens with zero attached hydrogens (tertiary/aromatic N) is 1. The Morgan fingerprint density at radius 2 is 2.14 bits per heavy atom. The maximum Gasteiger partial charge on any atom is 0.191 e. The highest BCUT2D eigenvalue weighted by molar-refractivity contribution is 14.0. The maximum absolute atomic E-state index is 4.70. The second-order valence-corrected chi connectivity index (χ2v) is 7.52. The Kier molecular flexibility index (Phi) is 11.2. The van der Waals surface area contributed by atoms with Gasteiger partial charge < -0.3 is 10.6 Å². The minimum Gasteiger partial charge on any atom is -0.357 e. The van der Waals surface area contributed by atoms with Gasteiger partial charge in [-0.15, -0.1) is 35.7 Å². The lowest BCUT2D eigenvalue weighted by molar-refractivity contribution is 0.770. The van der Waals surface area contributed by atoms with Gasteiger partial charge in [0.05, 0.1) is 6.54 Å². The predicted octanol–water partition coefficient (Wildman–Crippen LogP) is 3.85. The molecule has 124 valence electrons. The Morgan fingerprint density at radius 1 is 1.32 bits per heavy atom. The minimum absolute atomic E-state index is 0. The summed E-state index contributed by atoms with van der Waals surface area (Å²) in [5, 5.41) is 7.47. The first-order chi connectivity index (χ1) is 10.4. The Bertz CT molecular complexity index is 423. The summed E-state index contributed by atoms with van der Waals surface area (Å²) < 4.78 is 0. The number of thioether (sulfide) groups is 2. The molecule has 0 saturated carbocycles. The third-order valence-electron chi connectivity index (χ3n) is 3.23. The van der Waals surface area contributed by atoms with Crippen molar-refractivity contribution in [2.75, 3.05) is 31.1 Å². The molecule has 1 heterocycles. The van der Waals surface area contributed by atoms with Crippen LogP contribution in [-0.4, -0.2) is 42.3 Å². The lowest BCUT2D eigenvalue weighted by atomic mass is 10.2. The summed E-state index contributed by atoms with van der Waals surface area (Å²) in [6.45, 7) is 4.89. The van der Waals surface area contributed by atoms with Crippen LogP contribution >= 0.6 is 47.5 Å². The zero-order valence-corrected chi connectivity index (χ0v) is 17.0. The van der Waals surface area contributed by atoms with Crippen molar-refractivity contribution in [3.8, 4) is 0 Å². The molecule has 6 heteroatoms. The SMILES string of the molecule is CCNC(=NCC1CCCS1)NCCSc1ccccc1.I. The van der Waals surface area contributed by atoms with Gasteiger partial charge >= 0.3 is 0 Å². The molecule has 1 aromatic carbocycles. The molecule has 2 N–H and O–H groups in total. The quantitative estimate of drug-likeness (QED) is 0.217. The van der Waals surface area contributed by atoms with Crippen molar-refractivity contribution in [1.82, 2.24) is 10.6 Å².